The van der Waals surface area contributed by atoms with Crippen molar-refractivity contribution in [3.63, 3.8) is 0 Å². The van der Waals surface area contributed by atoms with Gasteiger partial charge in [-0.25, -0.2) is 0 Å². The molecule has 144 valence electrons. The number of nitrogens with zero attached hydrogens (tertiary/aromatic N) is 2. The first-order chi connectivity index (χ1) is 13.4. The molecule has 2 aromatic carbocycles. The van der Waals surface area contributed by atoms with E-state index >= 15 is 0 Å². The van der Waals surface area contributed by atoms with Crippen molar-refractivity contribution in [1.82, 2.24) is 4.98 Å². The highest BCUT2D eigenvalue weighted by Gasteiger charge is 2.33. The maximum Gasteiger partial charge on any atom is 0.417 e. The lowest BCUT2D eigenvalue weighted by Crippen LogP contribution is -2.07. The van der Waals surface area contributed by atoms with Gasteiger partial charge in [0.1, 0.15) is 11.5 Å². The Morgan fingerprint density at radius 3 is 2.14 bits per heavy atom. The first kappa shape index (κ1) is 21.0. The second-order valence-electron chi connectivity index (χ2n) is 5.61. The Hall–Kier alpha value is -3.33. The number of aryl methyl sites for hydroxylation is 1. The van der Waals surface area contributed by atoms with Crippen LogP contribution >= 0.6 is 0 Å². The molecule has 0 radical (unpaired) electrons. The monoisotopic (exact) mass is 384 g/mol. The van der Waals surface area contributed by atoms with Gasteiger partial charge in [-0.2, -0.15) is 18.4 Å². The van der Waals surface area contributed by atoms with Crippen molar-refractivity contribution in [2.24, 2.45) is 0 Å². The lowest BCUT2D eigenvalue weighted by Gasteiger charge is -2.11. The minimum absolute atomic E-state index is 0.163. The molecule has 0 atom stereocenters. The summed E-state index contributed by atoms with van der Waals surface area (Å²) in [6, 6.07) is 17.4. The van der Waals surface area contributed by atoms with E-state index in [-0.39, 0.29) is 5.75 Å². The summed E-state index contributed by atoms with van der Waals surface area (Å²) in [5.41, 5.74) is 1.16. The van der Waals surface area contributed by atoms with Gasteiger partial charge in [-0.15, -0.1) is 0 Å². The van der Waals surface area contributed by atoms with Crippen LogP contribution in [0.2, 0.25) is 0 Å². The van der Waals surface area contributed by atoms with Gasteiger partial charge in [0, 0.05) is 11.3 Å². The number of ether oxygens (including phenoxy) is 1. The Bertz CT molecular complexity index is 974. The summed E-state index contributed by atoms with van der Waals surface area (Å²) in [4.78, 5) is 4.43. The van der Waals surface area contributed by atoms with Gasteiger partial charge in [0.05, 0.1) is 22.9 Å². The number of hydrogen-bond acceptors (Lipinski definition) is 3. The smallest absolute Gasteiger partial charge is 0.417 e. The third-order valence-electron chi connectivity index (χ3n) is 3.69. The molecular formula is C22H19F3N2O. The number of rotatable bonds is 3. The second kappa shape index (κ2) is 9.05. The average molecular weight is 384 g/mol. The van der Waals surface area contributed by atoms with Crippen molar-refractivity contribution >= 4 is 0 Å². The third-order valence-corrected chi connectivity index (χ3v) is 3.69. The molecule has 0 saturated heterocycles. The molecule has 0 amide bonds. The van der Waals surface area contributed by atoms with E-state index in [1.807, 2.05) is 51.1 Å². The van der Waals surface area contributed by atoms with Crippen LogP contribution in [-0.4, -0.2) is 4.98 Å². The Balaban J connectivity index is 0.00000136. The van der Waals surface area contributed by atoms with Crippen molar-refractivity contribution in [3.8, 4) is 28.8 Å². The molecule has 0 N–H and O–H groups in total. The van der Waals surface area contributed by atoms with Crippen LogP contribution in [0.15, 0.2) is 60.7 Å². The predicted molar refractivity (Wildman–Crippen MR) is 102 cm³/mol. The SMILES string of the molecule is CC.Cc1cccc(-c2ccc(Oc3ccc(C(F)(F)F)c(C#N)c3)cc2)n1. The van der Waals surface area contributed by atoms with Gasteiger partial charge in [-0.05, 0) is 61.5 Å². The van der Waals surface area contributed by atoms with Crippen molar-refractivity contribution in [3.05, 3.63) is 77.5 Å². The van der Waals surface area contributed by atoms with Gasteiger partial charge in [0.15, 0.2) is 0 Å². The highest BCUT2D eigenvalue weighted by atomic mass is 19.4. The number of benzene rings is 2. The van der Waals surface area contributed by atoms with Crippen LogP contribution in [0.4, 0.5) is 13.2 Å². The summed E-state index contributed by atoms with van der Waals surface area (Å²) < 4.78 is 44.1. The van der Waals surface area contributed by atoms with Gasteiger partial charge in [0.25, 0.3) is 0 Å². The van der Waals surface area contributed by atoms with E-state index < -0.39 is 17.3 Å². The zero-order chi connectivity index (χ0) is 20.7. The number of aromatic nitrogens is 1. The normalized spacial score (nSPS) is 10.5. The first-order valence-corrected chi connectivity index (χ1v) is 8.70. The molecule has 0 unspecified atom stereocenters. The van der Waals surface area contributed by atoms with E-state index in [9.17, 15) is 13.2 Å². The van der Waals surface area contributed by atoms with Crippen molar-refractivity contribution in [2.75, 3.05) is 0 Å². The van der Waals surface area contributed by atoms with Crippen molar-refractivity contribution in [2.45, 2.75) is 26.9 Å². The van der Waals surface area contributed by atoms with Gasteiger partial charge in [-0.3, -0.25) is 4.98 Å². The highest BCUT2D eigenvalue weighted by molar-refractivity contribution is 5.60. The zero-order valence-electron chi connectivity index (χ0n) is 15.7. The molecular weight excluding hydrogens is 365 g/mol. The molecule has 0 fully saturated rings. The second-order valence-corrected chi connectivity index (χ2v) is 5.61. The number of halogens is 3. The minimum atomic E-state index is -4.58. The number of alkyl halides is 3. The Morgan fingerprint density at radius 2 is 1.57 bits per heavy atom. The molecule has 0 aliphatic heterocycles. The largest absolute Gasteiger partial charge is 0.457 e. The molecule has 1 aromatic heterocycles. The van der Waals surface area contributed by atoms with E-state index in [2.05, 4.69) is 4.98 Å². The van der Waals surface area contributed by atoms with Crippen LogP contribution in [0.3, 0.4) is 0 Å². The summed E-state index contributed by atoms with van der Waals surface area (Å²) in [5.74, 6) is 0.612. The minimum Gasteiger partial charge on any atom is -0.457 e. The van der Waals surface area contributed by atoms with E-state index in [4.69, 9.17) is 10.00 Å². The fourth-order valence-corrected chi connectivity index (χ4v) is 2.46. The van der Waals surface area contributed by atoms with E-state index in [1.165, 1.54) is 6.07 Å². The van der Waals surface area contributed by atoms with Gasteiger partial charge < -0.3 is 4.74 Å². The topological polar surface area (TPSA) is 45.9 Å². The lowest BCUT2D eigenvalue weighted by atomic mass is 10.1. The fourth-order valence-electron chi connectivity index (χ4n) is 2.46. The van der Waals surface area contributed by atoms with Crippen molar-refractivity contribution < 1.29 is 17.9 Å². The molecule has 0 aliphatic rings. The lowest BCUT2D eigenvalue weighted by molar-refractivity contribution is -0.137. The summed E-state index contributed by atoms with van der Waals surface area (Å²) in [7, 11) is 0. The van der Waals surface area contributed by atoms with Crippen LogP contribution in [0.25, 0.3) is 11.3 Å². The first-order valence-electron chi connectivity index (χ1n) is 8.70. The molecule has 6 heteroatoms. The predicted octanol–water partition coefficient (Wildman–Crippen LogP) is 6.77. The molecule has 28 heavy (non-hydrogen) atoms. The molecule has 0 bridgehead atoms. The number of hydrogen-bond donors (Lipinski definition) is 0. The van der Waals surface area contributed by atoms with E-state index in [1.54, 1.807) is 18.2 Å². The Kier molecular flexibility index (Phi) is 6.78. The van der Waals surface area contributed by atoms with E-state index in [0.717, 1.165) is 29.1 Å². The van der Waals surface area contributed by atoms with E-state index in [0.29, 0.717) is 5.75 Å². The molecule has 3 nitrogen and oxygen atoms in total. The molecule has 0 aliphatic carbocycles. The zero-order valence-corrected chi connectivity index (χ0v) is 15.7. The summed E-state index contributed by atoms with van der Waals surface area (Å²) in [5, 5.41) is 8.94. The maximum absolute atomic E-state index is 12.8. The molecule has 3 rings (SSSR count). The summed E-state index contributed by atoms with van der Waals surface area (Å²) in [6.45, 7) is 5.90. The van der Waals surface area contributed by atoms with Crippen LogP contribution < -0.4 is 4.74 Å². The van der Waals surface area contributed by atoms with Crippen LogP contribution in [0, 0.1) is 18.3 Å². The Labute approximate surface area is 162 Å². The molecule has 3 aromatic rings. The van der Waals surface area contributed by atoms with Crippen LogP contribution in [-0.2, 0) is 6.18 Å². The Morgan fingerprint density at radius 1 is 0.929 bits per heavy atom. The van der Waals surface area contributed by atoms with Crippen LogP contribution in [0.5, 0.6) is 11.5 Å². The standard InChI is InChI=1S/C20H13F3N2O.C2H6/c1-13-3-2-4-19(25-13)14-5-7-16(8-6-14)26-17-9-10-18(20(21,22)23)15(11-17)12-24;1-2/h2-11H,1H3;1-2H3. The average Bonchev–Trinajstić information content (AvgIpc) is 2.69. The fraction of sp³-hybridized carbons (Fsp3) is 0.182. The van der Waals surface area contributed by atoms with Gasteiger partial charge in [0.2, 0.25) is 0 Å². The summed E-state index contributed by atoms with van der Waals surface area (Å²) >= 11 is 0. The quantitative estimate of drug-likeness (QED) is 0.501. The molecule has 1 heterocycles. The summed E-state index contributed by atoms with van der Waals surface area (Å²) in [6.07, 6.45) is -4.58. The van der Waals surface area contributed by atoms with Gasteiger partial charge >= 0.3 is 6.18 Å². The number of nitriles is 1. The third kappa shape index (κ3) is 5.10. The van der Waals surface area contributed by atoms with Gasteiger partial charge in [-0.1, -0.05) is 19.9 Å². The highest BCUT2D eigenvalue weighted by Crippen LogP contribution is 2.34. The maximum atomic E-state index is 12.8. The molecule has 0 saturated carbocycles. The number of pyridine rings is 1. The molecule has 0 spiro atoms. The van der Waals surface area contributed by atoms with Crippen LogP contribution in [0.1, 0.15) is 30.7 Å². The van der Waals surface area contributed by atoms with Crippen molar-refractivity contribution in [1.29, 1.82) is 5.26 Å².